The van der Waals surface area contributed by atoms with E-state index in [9.17, 15) is 4.79 Å². The van der Waals surface area contributed by atoms with Crippen molar-refractivity contribution in [2.24, 2.45) is 0 Å². The number of carbonyl (C=O) groups is 1. The van der Waals surface area contributed by atoms with Crippen molar-refractivity contribution in [3.8, 4) is 5.75 Å². The summed E-state index contributed by atoms with van der Waals surface area (Å²) in [6.07, 6.45) is 1.08. The van der Waals surface area contributed by atoms with Gasteiger partial charge in [0, 0.05) is 32.7 Å². The second-order valence-electron chi connectivity index (χ2n) is 6.24. The fourth-order valence-electron chi connectivity index (χ4n) is 2.57. The van der Waals surface area contributed by atoms with Crippen LogP contribution in [0.25, 0.3) is 0 Å². The molecule has 1 aromatic carbocycles. The molecule has 25 heavy (non-hydrogen) atoms. The molecule has 1 saturated heterocycles. The lowest BCUT2D eigenvalue weighted by molar-refractivity contribution is -0.125. The van der Waals surface area contributed by atoms with Crippen LogP contribution in [0.2, 0.25) is 0 Å². The van der Waals surface area contributed by atoms with Crippen molar-refractivity contribution >= 4 is 11.6 Å². The molecule has 0 aliphatic carbocycles. The van der Waals surface area contributed by atoms with Crippen molar-refractivity contribution < 1.29 is 14.3 Å². The van der Waals surface area contributed by atoms with Crippen LogP contribution in [0.15, 0.2) is 36.9 Å². The molecule has 2 rings (SSSR count). The third-order valence-electron chi connectivity index (χ3n) is 4.24. The van der Waals surface area contributed by atoms with Gasteiger partial charge < -0.3 is 19.7 Å². The molecule has 1 aliphatic rings. The van der Waals surface area contributed by atoms with Gasteiger partial charge in [-0.15, -0.1) is 6.58 Å². The smallest absolute Gasteiger partial charge is 0.253 e. The predicted octanol–water partition coefficient (Wildman–Crippen LogP) is 1.84. The SMILES string of the molecule is C=CCO[C@H](C)C(=O)Nc1ccccc1OCCN1CCN(C)CC1. The first-order valence-corrected chi connectivity index (χ1v) is 8.76. The highest BCUT2D eigenvalue weighted by molar-refractivity contribution is 5.95. The van der Waals surface area contributed by atoms with Crippen molar-refractivity contribution in [3.05, 3.63) is 36.9 Å². The number of piperazine rings is 1. The van der Waals surface area contributed by atoms with E-state index in [2.05, 4.69) is 28.7 Å². The van der Waals surface area contributed by atoms with Crippen LogP contribution < -0.4 is 10.1 Å². The Hall–Kier alpha value is -1.89. The minimum atomic E-state index is -0.545. The first-order valence-electron chi connectivity index (χ1n) is 8.76. The Bertz CT molecular complexity index is 557. The molecule has 1 heterocycles. The molecule has 6 nitrogen and oxygen atoms in total. The minimum absolute atomic E-state index is 0.197. The number of benzene rings is 1. The number of nitrogens with one attached hydrogen (secondary N) is 1. The molecule has 1 fully saturated rings. The number of rotatable bonds is 9. The van der Waals surface area contributed by atoms with Crippen LogP contribution in [0.5, 0.6) is 5.75 Å². The fraction of sp³-hybridized carbons (Fsp3) is 0.526. The van der Waals surface area contributed by atoms with E-state index in [1.807, 2.05) is 24.3 Å². The van der Waals surface area contributed by atoms with E-state index in [4.69, 9.17) is 9.47 Å². The maximum absolute atomic E-state index is 12.2. The van der Waals surface area contributed by atoms with Crippen molar-refractivity contribution in [2.75, 3.05) is 58.3 Å². The van der Waals surface area contributed by atoms with Gasteiger partial charge >= 0.3 is 0 Å². The average molecular weight is 347 g/mol. The first kappa shape index (κ1) is 19.4. The van der Waals surface area contributed by atoms with E-state index in [-0.39, 0.29) is 5.91 Å². The van der Waals surface area contributed by atoms with Gasteiger partial charge in [0.15, 0.2) is 0 Å². The zero-order chi connectivity index (χ0) is 18.1. The number of hydrogen-bond acceptors (Lipinski definition) is 5. The molecular weight excluding hydrogens is 318 g/mol. The second-order valence-corrected chi connectivity index (χ2v) is 6.24. The number of ether oxygens (including phenoxy) is 2. The highest BCUT2D eigenvalue weighted by Crippen LogP contribution is 2.24. The molecule has 1 N–H and O–H groups in total. The van der Waals surface area contributed by atoms with E-state index < -0.39 is 6.10 Å². The summed E-state index contributed by atoms with van der Waals surface area (Å²) in [5.41, 5.74) is 0.667. The lowest BCUT2D eigenvalue weighted by Gasteiger charge is -2.32. The molecule has 1 aliphatic heterocycles. The number of hydrogen-bond donors (Lipinski definition) is 1. The zero-order valence-corrected chi connectivity index (χ0v) is 15.2. The summed E-state index contributed by atoms with van der Waals surface area (Å²) < 4.78 is 11.3. The van der Waals surface area contributed by atoms with E-state index in [0.717, 1.165) is 32.7 Å². The second kappa shape index (κ2) is 10.2. The van der Waals surface area contributed by atoms with Crippen molar-refractivity contribution in [1.82, 2.24) is 9.80 Å². The van der Waals surface area contributed by atoms with Gasteiger partial charge in [-0.05, 0) is 26.1 Å². The average Bonchev–Trinajstić information content (AvgIpc) is 2.62. The van der Waals surface area contributed by atoms with Crippen LogP contribution in [0.4, 0.5) is 5.69 Å². The van der Waals surface area contributed by atoms with Gasteiger partial charge in [-0.2, -0.15) is 0 Å². The summed E-state index contributed by atoms with van der Waals surface area (Å²) in [5, 5.41) is 2.87. The van der Waals surface area contributed by atoms with Crippen LogP contribution in [0.1, 0.15) is 6.92 Å². The Balaban J connectivity index is 1.83. The molecule has 0 spiro atoms. The van der Waals surface area contributed by atoms with Crippen LogP contribution in [-0.2, 0) is 9.53 Å². The summed E-state index contributed by atoms with van der Waals surface area (Å²) >= 11 is 0. The number of nitrogens with zero attached hydrogens (tertiary/aromatic N) is 2. The maximum atomic E-state index is 12.2. The monoisotopic (exact) mass is 347 g/mol. The predicted molar refractivity (Wildman–Crippen MR) is 100 cm³/mol. The van der Waals surface area contributed by atoms with E-state index in [1.165, 1.54) is 0 Å². The highest BCUT2D eigenvalue weighted by Gasteiger charge is 2.16. The zero-order valence-electron chi connectivity index (χ0n) is 15.2. The number of para-hydroxylation sites is 2. The number of anilines is 1. The van der Waals surface area contributed by atoms with Crippen molar-refractivity contribution in [2.45, 2.75) is 13.0 Å². The van der Waals surface area contributed by atoms with Gasteiger partial charge in [-0.3, -0.25) is 9.69 Å². The van der Waals surface area contributed by atoms with Crippen LogP contribution in [0, 0.1) is 0 Å². The lowest BCUT2D eigenvalue weighted by atomic mass is 10.2. The van der Waals surface area contributed by atoms with Crippen molar-refractivity contribution in [1.29, 1.82) is 0 Å². The minimum Gasteiger partial charge on any atom is -0.490 e. The topological polar surface area (TPSA) is 54.0 Å². The summed E-state index contributed by atoms with van der Waals surface area (Å²) in [4.78, 5) is 16.9. The number of amides is 1. The van der Waals surface area contributed by atoms with E-state index in [1.54, 1.807) is 13.0 Å². The Morgan fingerprint density at radius 1 is 1.32 bits per heavy atom. The molecule has 1 amide bonds. The molecule has 0 radical (unpaired) electrons. The van der Waals surface area contributed by atoms with Gasteiger partial charge in [-0.25, -0.2) is 0 Å². The summed E-state index contributed by atoms with van der Waals surface area (Å²) in [5.74, 6) is 0.484. The quantitative estimate of drug-likeness (QED) is 0.691. The molecule has 0 bridgehead atoms. The lowest BCUT2D eigenvalue weighted by Crippen LogP contribution is -2.45. The molecular formula is C19H29N3O3. The number of carbonyl (C=O) groups excluding carboxylic acids is 1. The molecule has 6 heteroatoms. The van der Waals surface area contributed by atoms with E-state index >= 15 is 0 Å². The third kappa shape index (κ3) is 6.49. The van der Waals surface area contributed by atoms with Crippen LogP contribution in [0.3, 0.4) is 0 Å². The molecule has 0 unspecified atom stereocenters. The largest absolute Gasteiger partial charge is 0.490 e. The first-order chi connectivity index (χ1) is 12.1. The maximum Gasteiger partial charge on any atom is 0.253 e. The Kier molecular flexibility index (Phi) is 7.91. The normalized spacial score (nSPS) is 17.0. The molecule has 138 valence electrons. The van der Waals surface area contributed by atoms with E-state index in [0.29, 0.717) is 24.7 Å². The molecule has 1 aromatic rings. The summed E-state index contributed by atoms with van der Waals surface area (Å²) in [6.45, 7) is 11.4. The van der Waals surface area contributed by atoms with Gasteiger partial charge in [0.25, 0.3) is 5.91 Å². The van der Waals surface area contributed by atoms with Gasteiger partial charge in [0.1, 0.15) is 18.5 Å². The highest BCUT2D eigenvalue weighted by atomic mass is 16.5. The van der Waals surface area contributed by atoms with Crippen LogP contribution in [-0.4, -0.2) is 74.8 Å². The fourth-order valence-corrected chi connectivity index (χ4v) is 2.57. The van der Waals surface area contributed by atoms with Crippen molar-refractivity contribution in [3.63, 3.8) is 0 Å². The van der Waals surface area contributed by atoms with Gasteiger partial charge in [0.2, 0.25) is 0 Å². The molecule has 1 atom stereocenters. The Labute approximate surface area is 150 Å². The van der Waals surface area contributed by atoms with Gasteiger partial charge in [-0.1, -0.05) is 18.2 Å². The van der Waals surface area contributed by atoms with Crippen LogP contribution >= 0.6 is 0 Å². The number of likely N-dealkylation sites (N-methyl/N-ethyl adjacent to an activating group) is 1. The Morgan fingerprint density at radius 3 is 2.76 bits per heavy atom. The summed E-state index contributed by atoms with van der Waals surface area (Å²) in [6, 6.07) is 7.48. The van der Waals surface area contributed by atoms with Gasteiger partial charge in [0.05, 0.1) is 12.3 Å². The third-order valence-corrected chi connectivity index (χ3v) is 4.24. The molecule has 0 saturated carbocycles. The summed E-state index contributed by atoms with van der Waals surface area (Å²) in [7, 11) is 2.15. The molecule has 0 aromatic heterocycles. The Morgan fingerprint density at radius 2 is 2.04 bits per heavy atom. The standard InChI is InChI=1S/C19H29N3O3/c1-4-14-24-16(2)19(23)20-17-7-5-6-8-18(17)25-15-13-22-11-9-21(3)10-12-22/h4-8,16H,1,9-15H2,2-3H3,(H,20,23)/t16-/m1/s1.